The molecular weight excluding hydrogens is 214 g/mol. The van der Waals surface area contributed by atoms with E-state index in [0.29, 0.717) is 6.54 Å². The van der Waals surface area contributed by atoms with E-state index in [1.54, 1.807) is 6.07 Å². The van der Waals surface area contributed by atoms with Gasteiger partial charge in [-0.2, -0.15) is 0 Å². The summed E-state index contributed by atoms with van der Waals surface area (Å²) in [7, 11) is 0. The number of aryl methyl sites for hydroxylation is 1. The van der Waals surface area contributed by atoms with Gasteiger partial charge in [0.15, 0.2) is 0 Å². The van der Waals surface area contributed by atoms with Gasteiger partial charge in [-0.25, -0.2) is 4.98 Å². The maximum absolute atomic E-state index is 9.79. The summed E-state index contributed by atoms with van der Waals surface area (Å²) in [6.07, 6.45) is 0. The maximum Gasteiger partial charge on any atom is 0.140 e. The van der Waals surface area contributed by atoms with Gasteiger partial charge in [0.25, 0.3) is 0 Å². The van der Waals surface area contributed by atoms with Gasteiger partial charge >= 0.3 is 0 Å². The lowest BCUT2D eigenvalue weighted by Crippen LogP contribution is -1.99. The number of nitrogens with zero attached hydrogens (tertiary/aromatic N) is 1. The first-order chi connectivity index (χ1) is 8.24. The molecule has 0 saturated heterocycles. The SMILES string of the molecule is Cc1ccc2c(n1)Nc1cccc(O)c1NC2. The van der Waals surface area contributed by atoms with E-state index in [4.69, 9.17) is 0 Å². The van der Waals surface area contributed by atoms with Crippen molar-refractivity contribution >= 4 is 17.2 Å². The molecule has 0 radical (unpaired) electrons. The number of anilines is 3. The first-order valence-corrected chi connectivity index (χ1v) is 5.53. The molecule has 2 heterocycles. The Labute approximate surface area is 99.3 Å². The summed E-state index contributed by atoms with van der Waals surface area (Å²) in [5.74, 6) is 1.10. The molecule has 0 unspecified atom stereocenters. The summed E-state index contributed by atoms with van der Waals surface area (Å²) in [5.41, 5.74) is 3.64. The van der Waals surface area contributed by atoms with Crippen LogP contribution in [0.25, 0.3) is 0 Å². The normalized spacial score (nSPS) is 12.8. The van der Waals surface area contributed by atoms with Crippen molar-refractivity contribution in [3.63, 3.8) is 0 Å². The van der Waals surface area contributed by atoms with Crippen molar-refractivity contribution in [3.8, 4) is 5.75 Å². The van der Waals surface area contributed by atoms with E-state index in [9.17, 15) is 5.11 Å². The number of aromatic hydroxyl groups is 1. The summed E-state index contributed by atoms with van der Waals surface area (Å²) in [5, 5.41) is 16.3. The Morgan fingerprint density at radius 3 is 3.00 bits per heavy atom. The van der Waals surface area contributed by atoms with Crippen LogP contribution in [0.1, 0.15) is 11.3 Å². The van der Waals surface area contributed by atoms with Crippen molar-refractivity contribution < 1.29 is 5.11 Å². The Morgan fingerprint density at radius 1 is 1.24 bits per heavy atom. The Hall–Kier alpha value is -2.23. The largest absolute Gasteiger partial charge is 0.506 e. The maximum atomic E-state index is 9.79. The number of fused-ring (bicyclic) bond motifs is 2. The number of aromatic nitrogens is 1. The molecule has 0 aliphatic carbocycles. The smallest absolute Gasteiger partial charge is 0.140 e. The van der Waals surface area contributed by atoms with Crippen LogP contribution in [0.4, 0.5) is 17.2 Å². The molecule has 0 amide bonds. The second-order valence-electron chi connectivity index (χ2n) is 4.14. The van der Waals surface area contributed by atoms with Crippen LogP contribution in [0.5, 0.6) is 5.75 Å². The fourth-order valence-corrected chi connectivity index (χ4v) is 1.98. The summed E-state index contributed by atoms with van der Waals surface area (Å²) in [4.78, 5) is 4.47. The first-order valence-electron chi connectivity index (χ1n) is 5.53. The van der Waals surface area contributed by atoms with Crippen LogP contribution in [0.3, 0.4) is 0 Å². The minimum absolute atomic E-state index is 0.250. The average Bonchev–Trinajstić information content (AvgIpc) is 2.48. The highest BCUT2D eigenvalue weighted by Crippen LogP contribution is 2.36. The number of benzene rings is 1. The molecule has 86 valence electrons. The van der Waals surface area contributed by atoms with E-state index in [1.165, 1.54) is 0 Å². The number of rotatable bonds is 0. The number of para-hydroxylation sites is 1. The first kappa shape index (κ1) is 9.96. The van der Waals surface area contributed by atoms with Gasteiger partial charge in [-0.15, -0.1) is 0 Å². The molecular formula is C13H13N3O. The third-order valence-electron chi connectivity index (χ3n) is 2.87. The van der Waals surface area contributed by atoms with Gasteiger partial charge in [0.1, 0.15) is 17.3 Å². The minimum Gasteiger partial charge on any atom is -0.506 e. The number of hydrogen-bond donors (Lipinski definition) is 3. The number of pyridine rings is 1. The van der Waals surface area contributed by atoms with Crippen LogP contribution in [0, 0.1) is 6.92 Å². The predicted molar refractivity (Wildman–Crippen MR) is 67.7 cm³/mol. The zero-order valence-electron chi connectivity index (χ0n) is 9.49. The molecule has 3 N–H and O–H groups in total. The van der Waals surface area contributed by atoms with Crippen molar-refractivity contribution in [1.29, 1.82) is 0 Å². The number of hydrogen-bond acceptors (Lipinski definition) is 4. The molecule has 4 heteroatoms. The second-order valence-corrected chi connectivity index (χ2v) is 4.14. The zero-order chi connectivity index (χ0) is 11.8. The van der Waals surface area contributed by atoms with Crippen molar-refractivity contribution in [2.24, 2.45) is 0 Å². The van der Waals surface area contributed by atoms with Crippen LogP contribution in [0.2, 0.25) is 0 Å². The topological polar surface area (TPSA) is 57.2 Å². The lowest BCUT2D eigenvalue weighted by molar-refractivity contribution is 0.477. The van der Waals surface area contributed by atoms with Crippen LogP contribution in [0.15, 0.2) is 30.3 Å². The molecule has 1 aromatic carbocycles. The van der Waals surface area contributed by atoms with Gasteiger partial charge in [-0.1, -0.05) is 12.1 Å². The molecule has 17 heavy (non-hydrogen) atoms. The van der Waals surface area contributed by atoms with Gasteiger partial charge in [0.05, 0.1) is 5.69 Å². The van der Waals surface area contributed by atoms with Crippen LogP contribution < -0.4 is 10.6 Å². The molecule has 0 saturated carbocycles. The third-order valence-corrected chi connectivity index (χ3v) is 2.87. The minimum atomic E-state index is 0.250. The monoisotopic (exact) mass is 227 g/mol. The van der Waals surface area contributed by atoms with E-state index >= 15 is 0 Å². The number of phenols is 1. The van der Waals surface area contributed by atoms with Gasteiger partial charge in [0, 0.05) is 17.8 Å². The standard InChI is InChI=1S/C13H13N3O/c1-8-5-6-9-7-14-12-10(16-13(9)15-8)3-2-4-11(12)17/h2-6,14,17H,7H2,1H3,(H,15,16). The summed E-state index contributed by atoms with van der Waals surface area (Å²) in [6, 6.07) is 9.42. The van der Waals surface area contributed by atoms with Crippen LogP contribution in [-0.2, 0) is 6.54 Å². The summed E-state index contributed by atoms with van der Waals surface area (Å²) in [6.45, 7) is 2.61. The van der Waals surface area contributed by atoms with Crippen molar-refractivity contribution in [2.45, 2.75) is 13.5 Å². The van der Waals surface area contributed by atoms with Crippen molar-refractivity contribution in [2.75, 3.05) is 10.6 Å². The zero-order valence-corrected chi connectivity index (χ0v) is 9.49. The van der Waals surface area contributed by atoms with Crippen LogP contribution >= 0.6 is 0 Å². The molecule has 1 aliphatic rings. The Bertz CT molecular complexity index is 581. The Balaban J connectivity index is 2.12. The van der Waals surface area contributed by atoms with E-state index in [2.05, 4.69) is 15.6 Å². The lowest BCUT2D eigenvalue weighted by Gasteiger charge is -2.09. The molecule has 2 aromatic rings. The Morgan fingerprint density at radius 2 is 2.12 bits per heavy atom. The van der Waals surface area contributed by atoms with Gasteiger partial charge in [0.2, 0.25) is 0 Å². The van der Waals surface area contributed by atoms with E-state index in [1.807, 2.05) is 31.2 Å². The fraction of sp³-hybridized carbons (Fsp3) is 0.154. The van der Waals surface area contributed by atoms with Gasteiger partial charge < -0.3 is 15.7 Å². The van der Waals surface area contributed by atoms with E-state index < -0.39 is 0 Å². The highest BCUT2D eigenvalue weighted by Gasteiger charge is 2.15. The van der Waals surface area contributed by atoms with E-state index in [-0.39, 0.29) is 5.75 Å². The molecule has 0 spiro atoms. The molecule has 0 atom stereocenters. The lowest BCUT2D eigenvalue weighted by atomic mass is 10.2. The van der Waals surface area contributed by atoms with Crippen molar-refractivity contribution in [3.05, 3.63) is 41.6 Å². The highest BCUT2D eigenvalue weighted by atomic mass is 16.3. The molecule has 4 nitrogen and oxygen atoms in total. The quantitative estimate of drug-likeness (QED) is 0.606. The van der Waals surface area contributed by atoms with Crippen LogP contribution in [-0.4, -0.2) is 10.1 Å². The van der Waals surface area contributed by atoms with E-state index in [0.717, 1.165) is 28.5 Å². The van der Waals surface area contributed by atoms with Crippen molar-refractivity contribution in [1.82, 2.24) is 4.98 Å². The molecule has 3 rings (SSSR count). The summed E-state index contributed by atoms with van der Waals surface area (Å²) < 4.78 is 0. The third kappa shape index (κ3) is 1.67. The molecule has 0 fully saturated rings. The predicted octanol–water partition coefficient (Wildman–Crippen LogP) is 2.76. The van der Waals surface area contributed by atoms with Gasteiger partial charge in [-0.3, -0.25) is 0 Å². The second kappa shape index (κ2) is 3.66. The van der Waals surface area contributed by atoms with Gasteiger partial charge in [-0.05, 0) is 25.1 Å². The number of phenolic OH excluding ortho intramolecular Hbond substituents is 1. The average molecular weight is 227 g/mol. The molecule has 1 aromatic heterocycles. The Kier molecular flexibility index (Phi) is 2.14. The fourth-order valence-electron chi connectivity index (χ4n) is 1.98. The summed E-state index contributed by atoms with van der Waals surface area (Å²) >= 11 is 0. The highest BCUT2D eigenvalue weighted by molar-refractivity contribution is 5.80. The number of nitrogens with one attached hydrogen (secondary N) is 2. The molecule has 1 aliphatic heterocycles. The molecule has 0 bridgehead atoms.